The van der Waals surface area contributed by atoms with Crippen molar-refractivity contribution in [3.05, 3.63) is 35.9 Å². The summed E-state index contributed by atoms with van der Waals surface area (Å²) in [5.74, 6) is 0.353. The van der Waals surface area contributed by atoms with Gasteiger partial charge >= 0.3 is 0 Å². The number of hydrogen-bond acceptors (Lipinski definition) is 5. The number of aliphatic imine (C=N–C) groups is 2. The summed E-state index contributed by atoms with van der Waals surface area (Å²) in [7, 11) is 0. The van der Waals surface area contributed by atoms with E-state index in [2.05, 4.69) is 34.2 Å². The average Bonchev–Trinajstić information content (AvgIpc) is 3.03. The van der Waals surface area contributed by atoms with Crippen LogP contribution in [0.1, 0.15) is 18.4 Å². The molecule has 24 heavy (non-hydrogen) atoms. The zero-order valence-electron chi connectivity index (χ0n) is 13.8. The minimum atomic E-state index is -0.178. The largest absolute Gasteiger partial charge is 0.339 e. The number of carbonyl (C=O) groups excluding carboxylic acids is 1. The van der Waals surface area contributed by atoms with Crippen LogP contribution >= 0.6 is 0 Å². The van der Waals surface area contributed by atoms with Gasteiger partial charge in [0.2, 0.25) is 5.96 Å². The first-order chi connectivity index (χ1) is 11.7. The summed E-state index contributed by atoms with van der Waals surface area (Å²) < 4.78 is 0. The van der Waals surface area contributed by atoms with Crippen LogP contribution in [0.25, 0.3) is 0 Å². The second-order valence-electron chi connectivity index (χ2n) is 6.87. The van der Waals surface area contributed by atoms with Gasteiger partial charge in [-0.2, -0.15) is 4.99 Å². The van der Waals surface area contributed by atoms with Crippen molar-refractivity contribution >= 4 is 17.6 Å². The summed E-state index contributed by atoms with van der Waals surface area (Å²) in [6.45, 7) is 4.10. The van der Waals surface area contributed by atoms with E-state index in [1.165, 1.54) is 5.56 Å². The van der Waals surface area contributed by atoms with Gasteiger partial charge in [-0.15, -0.1) is 0 Å². The van der Waals surface area contributed by atoms with Gasteiger partial charge in [-0.05, 0) is 18.4 Å². The van der Waals surface area contributed by atoms with Crippen molar-refractivity contribution in [1.29, 1.82) is 0 Å². The minimum absolute atomic E-state index is 0.0479. The smallest absolute Gasteiger partial charge is 0.259 e. The van der Waals surface area contributed by atoms with E-state index in [1.807, 2.05) is 11.0 Å². The van der Waals surface area contributed by atoms with Crippen molar-refractivity contribution in [2.24, 2.45) is 21.6 Å². The Labute approximate surface area is 142 Å². The molecule has 0 radical (unpaired) electrons. The van der Waals surface area contributed by atoms with Crippen molar-refractivity contribution in [1.82, 2.24) is 9.80 Å². The number of hydrogen-bond donors (Lipinski definition) is 1. The van der Waals surface area contributed by atoms with E-state index >= 15 is 0 Å². The molecule has 2 unspecified atom stereocenters. The number of piperidine rings is 1. The molecule has 0 aliphatic carbocycles. The fraction of sp³-hybridized carbons (Fsp3) is 0.500. The predicted molar refractivity (Wildman–Crippen MR) is 93.9 cm³/mol. The molecule has 4 rings (SSSR count). The standard InChI is InChI=1S/C18H23N5O/c19-14-6-9-23(11-14)18-20-16-7-8-22(12-15(16)17(24)21-18)10-13-4-2-1-3-5-13/h1-5,14-15H,6-12,19H2. The van der Waals surface area contributed by atoms with Crippen LogP contribution < -0.4 is 5.73 Å². The molecule has 6 heteroatoms. The second-order valence-corrected chi connectivity index (χ2v) is 6.87. The van der Waals surface area contributed by atoms with Gasteiger partial charge < -0.3 is 10.6 Å². The van der Waals surface area contributed by atoms with Crippen LogP contribution in [-0.4, -0.2) is 59.6 Å². The van der Waals surface area contributed by atoms with Crippen LogP contribution in [0.15, 0.2) is 40.3 Å². The molecule has 126 valence electrons. The maximum absolute atomic E-state index is 12.5. The normalized spacial score (nSPS) is 27.7. The van der Waals surface area contributed by atoms with Gasteiger partial charge in [0, 0.05) is 44.5 Å². The van der Waals surface area contributed by atoms with Gasteiger partial charge in [0.25, 0.3) is 5.91 Å². The average molecular weight is 325 g/mol. The zero-order valence-corrected chi connectivity index (χ0v) is 13.8. The van der Waals surface area contributed by atoms with Crippen LogP contribution in [0.2, 0.25) is 0 Å². The van der Waals surface area contributed by atoms with Gasteiger partial charge in [0.15, 0.2) is 0 Å². The molecule has 0 aromatic heterocycles. The minimum Gasteiger partial charge on any atom is -0.339 e. The van der Waals surface area contributed by atoms with Crippen LogP contribution in [0.4, 0.5) is 0 Å². The molecule has 6 nitrogen and oxygen atoms in total. The quantitative estimate of drug-likeness (QED) is 0.876. The molecule has 2 atom stereocenters. The van der Waals surface area contributed by atoms with Crippen molar-refractivity contribution in [3.8, 4) is 0 Å². The Morgan fingerprint density at radius 3 is 2.71 bits per heavy atom. The number of rotatable bonds is 2. The molecule has 0 saturated carbocycles. The van der Waals surface area contributed by atoms with Crippen molar-refractivity contribution in [2.75, 3.05) is 26.2 Å². The monoisotopic (exact) mass is 325 g/mol. The number of guanidine groups is 1. The number of carbonyl (C=O) groups is 1. The molecule has 2 fully saturated rings. The van der Waals surface area contributed by atoms with Crippen LogP contribution in [0, 0.1) is 5.92 Å². The maximum Gasteiger partial charge on any atom is 0.259 e. The summed E-state index contributed by atoms with van der Waals surface area (Å²) in [5.41, 5.74) is 8.22. The number of benzene rings is 1. The summed E-state index contributed by atoms with van der Waals surface area (Å²) in [5, 5.41) is 0. The molecule has 0 bridgehead atoms. The molecule has 1 aromatic rings. The lowest BCUT2D eigenvalue weighted by Crippen LogP contribution is -2.47. The van der Waals surface area contributed by atoms with E-state index < -0.39 is 0 Å². The Balaban J connectivity index is 1.44. The lowest BCUT2D eigenvalue weighted by Gasteiger charge is -2.34. The summed E-state index contributed by atoms with van der Waals surface area (Å²) >= 11 is 0. The molecule has 3 aliphatic heterocycles. The number of nitrogens with two attached hydrogens (primary N) is 1. The Kier molecular flexibility index (Phi) is 4.16. The highest BCUT2D eigenvalue weighted by molar-refractivity contribution is 6.16. The number of nitrogens with zero attached hydrogens (tertiary/aromatic N) is 4. The number of likely N-dealkylation sites (tertiary alicyclic amines) is 2. The lowest BCUT2D eigenvalue weighted by molar-refractivity contribution is -0.120. The SMILES string of the molecule is NC1CCN(C2=NC(=O)C3CN(Cc4ccccc4)CCC3=N2)C1. The van der Waals surface area contributed by atoms with Crippen LogP contribution in [0.3, 0.4) is 0 Å². The molecule has 3 heterocycles. The van der Waals surface area contributed by atoms with Gasteiger partial charge in [-0.25, -0.2) is 4.99 Å². The molecule has 3 aliphatic rings. The number of fused-ring (bicyclic) bond motifs is 1. The molecule has 1 aromatic carbocycles. The van der Waals surface area contributed by atoms with E-state index in [4.69, 9.17) is 10.7 Å². The fourth-order valence-corrected chi connectivity index (χ4v) is 3.68. The summed E-state index contributed by atoms with van der Waals surface area (Å²) in [6, 6.07) is 10.5. The van der Waals surface area contributed by atoms with E-state index in [0.29, 0.717) is 12.5 Å². The van der Waals surface area contributed by atoms with Gasteiger partial charge in [-0.1, -0.05) is 30.3 Å². The highest BCUT2D eigenvalue weighted by atomic mass is 16.1. The topological polar surface area (TPSA) is 74.3 Å². The number of amides is 1. The van der Waals surface area contributed by atoms with E-state index in [9.17, 15) is 4.79 Å². The highest BCUT2D eigenvalue weighted by Crippen LogP contribution is 2.23. The van der Waals surface area contributed by atoms with E-state index in [0.717, 1.165) is 44.7 Å². The third-order valence-electron chi connectivity index (χ3n) is 5.04. The molecule has 0 spiro atoms. The Morgan fingerprint density at radius 1 is 1.12 bits per heavy atom. The van der Waals surface area contributed by atoms with Crippen molar-refractivity contribution in [2.45, 2.75) is 25.4 Å². The molecular formula is C18H23N5O. The van der Waals surface area contributed by atoms with Crippen LogP contribution in [0.5, 0.6) is 0 Å². The Morgan fingerprint density at radius 2 is 1.96 bits per heavy atom. The second kappa shape index (κ2) is 6.45. The van der Waals surface area contributed by atoms with Crippen LogP contribution in [-0.2, 0) is 11.3 Å². The van der Waals surface area contributed by atoms with Crippen molar-refractivity contribution < 1.29 is 4.79 Å². The summed E-state index contributed by atoms with van der Waals surface area (Å²) in [6.07, 6.45) is 1.77. The van der Waals surface area contributed by atoms with Crippen molar-refractivity contribution in [3.63, 3.8) is 0 Å². The Hall–Kier alpha value is -2.05. The van der Waals surface area contributed by atoms with E-state index in [-0.39, 0.29) is 17.9 Å². The molecule has 2 saturated heterocycles. The fourth-order valence-electron chi connectivity index (χ4n) is 3.68. The molecule has 1 amide bonds. The molecule has 2 N–H and O–H groups in total. The van der Waals surface area contributed by atoms with Gasteiger partial charge in [0.1, 0.15) is 0 Å². The lowest BCUT2D eigenvalue weighted by atomic mass is 9.93. The maximum atomic E-state index is 12.5. The first kappa shape index (κ1) is 15.5. The summed E-state index contributed by atoms with van der Waals surface area (Å²) in [4.78, 5) is 25.8. The first-order valence-electron chi connectivity index (χ1n) is 8.66. The van der Waals surface area contributed by atoms with Gasteiger partial charge in [0.05, 0.1) is 5.92 Å². The molecular weight excluding hydrogens is 302 g/mol. The highest BCUT2D eigenvalue weighted by Gasteiger charge is 2.36. The predicted octanol–water partition coefficient (Wildman–Crippen LogP) is 0.879. The van der Waals surface area contributed by atoms with E-state index in [1.54, 1.807) is 0 Å². The third-order valence-corrected chi connectivity index (χ3v) is 5.04. The Bertz CT molecular complexity index is 684. The third kappa shape index (κ3) is 3.12. The zero-order chi connectivity index (χ0) is 16.5. The van der Waals surface area contributed by atoms with Gasteiger partial charge in [-0.3, -0.25) is 9.69 Å². The first-order valence-corrected chi connectivity index (χ1v) is 8.66.